The van der Waals surface area contributed by atoms with Crippen LogP contribution in [0, 0.1) is 0 Å². The quantitative estimate of drug-likeness (QED) is 0.501. The van der Waals surface area contributed by atoms with Crippen molar-refractivity contribution >= 4 is 40.9 Å². The molecule has 0 aliphatic heterocycles. The van der Waals surface area contributed by atoms with Crippen LogP contribution >= 0.6 is 23.2 Å². The Kier molecular flexibility index (Phi) is 6.53. The Morgan fingerprint density at radius 3 is 2.41 bits per heavy atom. The molecule has 0 saturated heterocycles. The molecular formula is C22H17Cl2NO2. The van der Waals surface area contributed by atoms with Gasteiger partial charge in [-0.3, -0.25) is 4.79 Å². The Morgan fingerprint density at radius 2 is 1.67 bits per heavy atom. The molecule has 136 valence electrons. The highest BCUT2D eigenvalue weighted by atomic mass is 35.5. The van der Waals surface area contributed by atoms with Crippen LogP contribution in [-0.4, -0.2) is 5.91 Å². The van der Waals surface area contributed by atoms with E-state index in [1.807, 2.05) is 54.6 Å². The van der Waals surface area contributed by atoms with E-state index in [1.54, 1.807) is 24.3 Å². The SMILES string of the molecule is O=C(/C=C/c1cccc(OCc2ccccc2)c1)Nc1cc(Cl)cc(Cl)c1. The minimum atomic E-state index is -0.274. The van der Waals surface area contributed by atoms with E-state index in [-0.39, 0.29) is 5.91 Å². The molecular weight excluding hydrogens is 381 g/mol. The first-order chi connectivity index (χ1) is 13.1. The third kappa shape index (κ3) is 6.17. The van der Waals surface area contributed by atoms with Crippen molar-refractivity contribution in [2.24, 2.45) is 0 Å². The molecule has 0 aliphatic carbocycles. The maximum absolute atomic E-state index is 12.1. The molecule has 3 rings (SSSR count). The van der Waals surface area contributed by atoms with Crippen molar-refractivity contribution in [2.75, 3.05) is 5.32 Å². The van der Waals surface area contributed by atoms with Crippen molar-refractivity contribution < 1.29 is 9.53 Å². The van der Waals surface area contributed by atoms with Gasteiger partial charge in [0.25, 0.3) is 0 Å². The van der Waals surface area contributed by atoms with E-state index in [2.05, 4.69) is 5.32 Å². The Bertz CT molecular complexity index is 935. The summed E-state index contributed by atoms with van der Waals surface area (Å²) in [5.74, 6) is 0.465. The fraction of sp³-hybridized carbons (Fsp3) is 0.0455. The summed E-state index contributed by atoms with van der Waals surface area (Å²) in [6.45, 7) is 0.490. The number of rotatable bonds is 6. The van der Waals surface area contributed by atoms with E-state index < -0.39 is 0 Å². The van der Waals surface area contributed by atoms with E-state index in [4.69, 9.17) is 27.9 Å². The molecule has 0 radical (unpaired) electrons. The topological polar surface area (TPSA) is 38.3 Å². The van der Waals surface area contributed by atoms with Crippen LogP contribution in [0.4, 0.5) is 5.69 Å². The van der Waals surface area contributed by atoms with E-state index in [0.717, 1.165) is 16.9 Å². The molecule has 0 atom stereocenters. The molecule has 0 bridgehead atoms. The summed E-state index contributed by atoms with van der Waals surface area (Å²) in [5, 5.41) is 3.66. The van der Waals surface area contributed by atoms with Crippen LogP contribution in [0.3, 0.4) is 0 Å². The van der Waals surface area contributed by atoms with Crippen LogP contribution in [0.25, 0.3) is 6.08 Å². The summed E-state index contributed by atoms with van der Waals surface area (Å²) in [5.41, 5.74) is 2.50. The molecule has 0 fully saturated rings. The fourth-order valence-electron chi connectivity index (χ4n) is 2.43. The summed E-state index contributed by atoms with van der Waals surface area (Å²) in [7, 11) is 0. The number of ether oxygens (including phenoxy) is 1. The normalized spacial score (nSPS) is 10.7. The van der Waals surface area contributed by atoms with Crippen LogP contribution in [0.5, 0.6) is 5.75 Å². The Balaban J connectivity index is 1.60. The standard InChI is InChI=1S/C22H17Cl2NO2/c23-18-12-19(24)14-20(13-18)25-22(26)10-9-16-7-4-8-21(11-16)27-15-17-5-2-1-3-6-17/h1-14H,15H2,(H,25,26)/b10-9+. The lowest BCUT2D eigenvalue weighted by atomic mass is 10.2. The molecule has 0 aliphatic rings. The average molecular weight is 398 g/mol. The second kappa shape index (κ2) is 9.26. The number of amides is 1. The van der Waals surface area contributed by atoms with Crippen LogP contribution in [0.1, 0.15) is 11.1 Å². The summed E-state index contributed by atoms with van der Waals surface area (Å²) < 4.78 is 5.80. The predicted octanol–water partition coefficient (Wildman–Crippen LogP) is 6.22. The summed E-state index contributed by atoms with van der Waals surface area (Å²) in [6.07, 6.45) is 3.17. The van der Waals surface area contributed by atoms with Gasteiger partial charge in [-0.1, -0.05) is 65.7 Å². The first-order valence-corrected chi connectivity index (χ1v) is 9.06. The van der Waals surface area contributed by atoms with Crippen molar-refractivity contribution in [3.05, 3.63) is 100 Å². The molecule has 1 amide bonds. The first-order valence-electron chi connectivity index (χ1n) is 8.30. The number of hydrogen-bond acceptors (Lipinski definition) is 2. The fourth-order valence-corrected chi connectivity index (χ4v) is 2.96. The molecule has 0 unspecified atom stereocenters. The lowest BCUT2D eigenvalue weighted by molar-refractivity contribution is -0.111. The number of carbonyl (C=O) groups is 1. The lowest BCUT2D eigenvalue weighted by Gasteiger charge is -2.07. The van der Waals surface area contributed by atoms with Crippen molar-refractivity contribution in [1.29, 1.82) is 0 Å². The molecule has 1 N–H and O–H groups in total. The predicted molar refractivity (Wildman–Crippen MR) is 111 cm³/mol. The average Bonchev–Trinajstić information content (AvgIpc) is 2.65. The Labute approximate surface area is 168 Å². The van der Waals surface area contributed by atoms with E-state index in [9.17, 15) is 4.79 Å². The number of hydrogen-bond donors (Lipinski definition) is 1. The Morgan fingerprint density at radius 1 is 0.926 bits per heavy atom. The number of anilines is 1. The van der Waals surface area contributed by atoms with E-state index >= 15 is 0 Å². The number of halogens is 2. The highest BCUT2D eigenvalue weighted by Gasteiger charge is 2.02. The van der Waals surface area contributed by atoms with E-state index in [1.165, 1.54) is 6.08 Å². The minimum Gasteiger partial charge on any atom is -0.489 e. The molecule has 3 nitrogen and oxygen atoms in total. The zero-order valence-electron chi connectivity index (χ0n) is 14.4. The zero-order valence-corrected chi connectivity index (χ0v) is 15.9. The van der Waals surface area contributed by atoms with Gasteiger partial charge in [0.2, 0.25) is 5.91 Å². The van der Waals surface area contributed by atoms with Gasteiger partial charge in [-0.05, 0) is 47.5 Å². The molecule has 0 aromatic heterocycles. The highest BCUT2D eigenvalue weighted by Crippen LogP contribution is 2.22. The molecule has 3 aromatic rings. The molecule has 0 heterocycles. The lowest BCUT2D eigenvalue weighted by Crippen LogP contribution is -2.07. The van der Waals surface area contributed by atoms with Gasteiger partial charge in [-0.2, -0.15) is 0 Å². The second-order valence-corrected chi connectivity index (χ2v) is 6.70. The number of nitrogens with one attached hydrogen (secondary N) is 1. The van der Waals surface area contributed by atoms with Gasteiger partial charge in [0.05, 0.1) is 0 Å². The zero-order chi connectivity index (χ0) is 19.1. The number of benzene rings is 3. The maximum Gasteiger partial charge on any atom is 0.248 e. The van der Waals surface area contributed by atoms with Crippen LogP contribution in [0.15, 0.2) is 78.9 Å². The van der Waals surface area contributed by atoms with Crippen LogP contribution in [0.2, 0.25) is 10.0 Å². The summed E-state index contributed by atoms with van der Waals surface area (Å²) in [6, 6.07) is 22.4. The smallest absolute Gasteiger partial charge is 0.248 e. The molecule has 0 spiro atoms. The molecule has 3 aromatic carbocycles. The first kappa shape index (κ1) is 19.0. The van der Waals surface area contributed by atoms with Gasteiger partial charge in [-0.15, -0.1) is 0 Å². The van der Waals surface area contributed by atoms with Gasteiger partial charge < -0.3 is 10.1 Å². The molecule has 5 heteroatoms. The number of carbonyl (C=O) groups excluding carboxylic acids is 1. The van der Waals surface area contributed by atoms with Gasteiger partial charge in [-0.25, -0.2) is 0 Å². The van der Waals surface area contributed by atoms with Crippen LogP contribution in [-0.2, 0) is 11.4 Å². The maximum atomic E-state index is 12.1. The monoisotopic (exact) mass is 397 g/mol. The van der Waals surface area contributed by atoms with Gasteiger partial charge in [0, 0.05) is 21.8 Å². The van der Waals surface area contributed by atoms with Gasteiger partial charge >= 0.3 is 0 Å². The van der Waals surface area contributed by atoms with Crippen LogP contribution < -0.4 is 10.1 Å². The third-order valence-electron chi connectivity index (χ3n) is 3.66. The van der Waals surface area contributed by atoms with E-state index in [0.29, 0.717) is 22.3 Å². The van der Waals surface area contributed by atoms with Crippen molar-refractivity contribution in [2.45, 2.75) is 6.61 Å². The largest absolute Gasteiger partial charge is 0.489 e. The van der Waals surface area contributed by atoms with Crippen molar-refractivity contribution in [1.82, 2.24) is 0 Å². The minimum absolute atomic E-state index is 0.274. The van der Waals surface area contributed by atoms with Crippen molar-refractivity contribution in [3.8, 4) is 5.75 Å². The summed E-state index contributed by atoms with van der Waals surface area (Å²) >= 11 is 11.9. The van der Waals surface area contributed by atoms with Crippen molar-refractivity contribution in [3.63, 3.8) is 0 Å². The third-order valence-corrected chi connectivity index (χ3v) is 4.10. The van der Waals surface area contributed by atoms with Gasteiger partial charge in [0.15, 0.2) is 0 Å². The van der Waals surface area contributed by atoms with Gasteiger partial charge in [0.1, 0.15) is 12.4 Å². The second-order valence-electron chi connectivity index (χ2n) is 5.83. The highest BCUT2D eigenvalue weighted by molar-refractivity contribution is 6.35. The summed E-state index contributed by atoms with van der Waals surface area (Å²) in [4.78, 5) is 12.1. The molecule has 27 heavy (non-hydrogen) atoms. The molecule has 0 saturated carbocycles. The Hall–Kier alpha value is -2.75.